The maximum Gasteiger partial charge on any atom is 0.268 e. The molecule has 2 amide bonds. The van der Waals surface area contributed by atoms with Crippen LogP contribution >= 0.6 is 0 Å². The van der Waals surface area contributed by atoms with Crippen LogP contribution in [0.15, 0.2) is 18.2 Å². The molecule has 1 aliphatic heterocycles. The number of carbonyl (C=O) groups is 2. The lowest BCUT2D eigenvalue weighted by Gasteiger charge is -2.33. The molecule has 0 aliphatic carbocycles. The fourth-order valence-corrected chi connectivity index (χ4v) is 2.36. The van der Waals surface area contributed by atoms with E-state index >= 15 is 0 Å². The average Bonchev–Trinajstić information content (AvgIpc) is 2.51. The van der Waals surface area contributed by atoms with Gasteiger partial charge in [-0.15, -0.1) is 0 Å². The molecule has 0 radical (unpaired) electrons. The molecule has 1 heterocycles. The van der Waals surface area contributed by atoms with Gasteiger partial charge in [-0.2, -0.15) is 0 Å². The number of anilines is 1. The molecule has 0 saturated carbocycles. The van der Waals surface area contributed by atoms with Crippen LogP contribution in [0.4, 0.5) is 5.69 Å². The van der Waals surface area contributed by atoms with Gasteiger partial charge in [0.2, 0.25) is 5.91 Å². The maximum atomic E-state index is 12.4. The number of nitrogens with one attached hydrogen (secondary N) is 1. The van der Waals surface area contributed by atoms with Gasteiger partial charge in [0.15, 0.2) is 6.10 Å². The lowest BCUT2D eigenvalue weighted by atomic mass is 10.1. The van der Waals surface area contributed by atoms with E-state index in [0.717, 1.165) is 5.56 Å². The SMILES string of the molecule is COCCNC(=O)CN1C(=O)C(C)Oc2ccc(C(C)N)cc21. The Hall–Kier alpha value is -2.12. The smallest absolute Gasteiger partial charge is 0.268 e. The highest BCUT2D eigenvalue weighted by Gasteiger charge is 2.33. The first-order valence-electron chi connectivity index (χ1n) is 7.57. The van der Waals surface area contributed by atoms with Crippen LogP contribution in [0.1, 0.15) is 25.5 Å². The molecule has 23 heavy (non-hydrogen) atoms. The standard InChI is InChI=1S/C16H23N3O4/c1-10(17)12-4-5-14-13(8-12)19(16(21)11(2)23-14)9-15(20)18-6-7-22-3/h4-5,8,10-11H,6-7,9,17H2,1-3H3,(H,18,20). The summed E-state index contributed by atoms with van der Waals surface area (Å²) >= 11 is 0. The molecule has 0 spiro atoms. The van der Waals surface area contributed by atoms with Crippen LogP contribution in [0, 0.1) is 0 Å². The molecule has 0 aromatic heterocycles. The summed E-state index contributed by atoms with van der Waals surface area (Å²) in [5, 5.41) is 2.71. The van der Waals surface area contributed by atoms with E-state index < -0.39 is 6.10 Å². The number of ether oxygens (including phenoxy) is 2. The largest absolute Gasteiger partial charge is 0.479 e. The van der Waals surface area contributed by atoms with Crippen LogP contribution in [0.3, 0.4) is 0 Å². The normalized spacial score (nSPS) is 18.2. The first-order valence-corrected chi connectivity index (χ1v) is 7.57. The Bertz CT molecular complexity index is 589. The second-order valence-corrected chi connectivity index (χ2v) is 5.54. The Morgan fingerprint density at radius 1 is 1.52 bits per heavy atom. The lowest BCUT2D eigenvalue weighted by Crippen LogP contribution is -2.49. The zero-order valence-corrected chi connectivity index (χ0v) is 13.7. The molecular formula is C16H23N3O4. The third kappa shape index (κ3) is 4.00. The minimum absolute atomic E-state index is 0.0638. The third-order valence-electron chi connectivity index (χ3n) is 3.65. The van der Waals surface area contributed by atoms with Crippen molar-refractivity contribution in [3.8, 4) is 5.75 Å². The Labute approximate surface area is 135 Å². The topological polar surface area (TPSA) is 93.9 Å². The highest BCUT2D eigenvalue weighted by Crippen LogP contribution is 2.35. The Morgan fingerprint density at radius 3 is 2.91 bits per heavy atom. The van der Waals surface area contributed by atoms with E-state index in [0.29, 0.717) is 24.6 Å². The Balaban J connectivity index is 2.22. The van der Waals surface area contributed by atoms with Crippen LogP contribution in [0.5, 0.6) is 5.75 Å². The number of amides is 2. The van der Waals surface area contributed by atoms with Crippen molar-refractivity contribution in [3.63, 3.8) is 0 Å². The van der Waals surface area contributed by atoms with Crippen LogP contribution in [0.25, 0.3) is 0 Å². The zero-order chi connectivity index (χ0) is 17.0. The van der Waals surface area contributed by atoms with E-state index in [4.69, 9.17) is 15.2 Å². The summed E-state index contributed by atoms with van der Waals surface area (Å²) in [6, 6.07) is 5.27. The van der Waals surface area contributed by atoms with Gasteiger partial charge >= 0.3 is 0 Å². The number of hydrogen-bond acceptors (Lipinski definition) is 5. The zero-order valence-electron chi connectivity index (χ0n) is 13.7. The van der Waals surface area contributed by atoms with Gasteiger partial charge in [0.1, 0.15) is 12.3 Å². The number of nitrogens with zero attached hydrogens (tertiary/aromatic N) is 1. The van der Waals surface area contributed by atoms with Crippen molar-refractivity contribution < 1.29 is 19.1 Å². The van der Waals surface area contributed by atoms with Crippen molar-refractivity contribution in [1.82, 2.24) is 5.32 Å². The summed E-state index contributed by atoms with van der Waals surface area (Å²) in [6.45, 7) is 4.28. The van der Waals surface area contributed by atoms with E-state index in [-0.39, 0.29) is 24.4 Å². The summed E-state index contributed by atoms with van der Waals surface area (Å²) in [7, 11) is 1.56. The average molecular weight is 321 g/mol. The van der Waals surface area contributed by atoms with E-state index in [2.05, 4.69) is 5.32 Å². The molecule has 1 aromatic carbocycles. The number of fused-ring (bicyclic) bond motifs is 1. The first-order chi connectivity index (χ1) is 10.9. The van der Waals surface area contributed by atoms with Crippen molar-refractivity contribution in [2.75, 3.05) is 31.7 Å². The van der Waals surface area contributed by atoms with Gasteiger partial charge in [0, 0.05) is 19.7 Å². The molecule has 0 saturated heterocycles. The molecule has 2 unspecified atom stereocenters. The van der Waals surface area contributed by atoms with Gasteiger partial charge in [-0.05, 0) is 31.5 Å². The van der Waals surface area contributed by atoms with E-state index in [1.165, 1.54) is 4.90 Å². The van der Waals surface area contributed by atoms with E-state index in [9.17, 15) is 9.59 Å². The molecule has 3 N–H and O–H groups in total. The van der Waals surface area contributed by atoms with Gasteiger partial charge in [-0.1, -0.05) is 6.07 Å². The number of nitrogens with two attached hydrogens (primary N) is 1. The second-order valence-electron chi connectivity index (χ2n) is 5.54. The molecule has 7 heteroatoms. The number of rotatable bonds is 6. The minimum Gasteiger partial charge on any atom is -0.479 e. The molecule has 1 aliphatic rings. The van der Waals surface area contributed by atoms with Gasteiger partial charge in [-0.25, -0.2) is 0 Å². The summed E-state index contributed by atoms with van der Waals surface area (Å²) in [6.07, 6.45) is -0.629. The van der Waals surface area contributed by atoms with Crippen LogP contribution in [-0.2, 0) is 14.3 Å². The first kappa shape index (κ1) is 17.2. The number of carbonyl (C=O) groups excluding carboxylic acids is 2. The summed E-state index contributed by atoms with van der Waals surface area (Å²) in [5.74, 6) is 0.0778. The molecule has 7 nitrogen and oxygen atoms in total. The van der Waals surface area contributed by atoms with Crippen molar-refractivity contribution >= 4 is 17.5 Å². The summed E-state index contributed by atoms with van der Waals surface area (Å²) in [5.41, 5.74) is 7.35. The summed E-state index contributed by atoms with van der Waals surface area (Å²) < 4.78 is 10.5. The van der Waals surface area contributed by atoms with Gasteiger partial charge in [0.25, 0.3) is 5.91 Å². The van der Waals surface area contributed by atoms with Gasteiger partial charge < -0.3 is 20.5 Å². The van der Waals surface area contributed by atoms with Crippen LogP contribution in [0.2, 0.25) is 0 Å². The molecule has 2 atom stereocenters. The van der Waals surface area contributed by atoms with Crippen LogP contribution < -0.4 is 20.7 Å². The van der Waals surface area contributed by atoms with Crippen molar-refractivity contribution in [2.45, 2.75) is 26.0 Å². The van der Waals surface area contributed by atoms with Crippen molar-refractivity contribution in [1.29, 1.82) is 0 Å². The Kier molecular flexibility index (Phi) is 5.57. The molecule has 0 bridgehead atoms. The highest BCUT2D eigenvalue weighted by molar-refractivity contribution is 6.03. The second kappa shape index (κ2) is 7.43. The fraction of sp³-hybridized carbons (Fsp3) is 0.500. The minimum atomic E-state index is -0.629. The molecule has 2 rings (SSSR count). The predicted octanol–water partition coefficient (Wildman–Crippen LogP) is 0.583. The number of benzene rings is 1. The molecule has 1 aromatic rings. The molecular weight excluding hydrogens is 298 g/mol. The lowest BCUT2D eigenvalue weighted by molar-refractivity contribution is -0.128. The quantitative estimate of drug-likeness (QED) is 0.748. The van der Waals surface area contributed by atoms with E-state index in [1.54, 1.807) is 26.2 Å². The van der Waals surface area contributed by atoms with Crippen molar-refractivity contribution in [2.24, 2.45) is 5.73 Å². The molecule has 0 fully saturated rings. The molecule has 126 valence electrons. The monoisotopic (exact) mass is 321 g/mol. The third-order valence-corrected chi connectivity index (χ3v) is 3.65. The van der Waals surface area contributed by atoms with E-state index in [1.807, 2.05) is 13.0 Å². The summed E-state index contributed by atoms with van der Waals surface area (Å²) in [4.78, 5) is 25.9. The maximum absolute atomic E-state index is 12.4. The fourth-order valence-electron chi connectivity index (χ4n) is 2.36. The van der Waals surface area contributed by atoms with Crippen molar-refractivity contribution in [3.05, 3.63) is 23.8 Å². The number of hydrogen-bond donors (Lipinski definition) is 2. The van der Waals surface area contributed by atoms with Gasteiger partial charge in [-0.3, -0.25) is 14.5 Å². The Morgan fingerprint density at radius 2 is 2.26 bits per heavy atom. The van der Waals surface area contributed by atoms with Crippen LogP contribution in [-0.4, -0.2) is 44.7 Å². The van der Waals surface area contributed by atoms with Gasteiger partial charge in [0.05, 0.1) is 12.3 Å². The highest BCUT2D eigenvalue weighted by atomic mass is 16.5. The predicted molar refractivity (Wildman–Crippen MR) is 86.4 cm³/mol. The number of methoxy groups -OCH3 is 1.